The molecule has 0 aliphatic carbocycles. The molecule has 1 fully saturated rings. The Bertz CT molecular complexity index is 619. The molecular formula is C14H16BNO7S. The lowest BCUT2D eigenvalue weighted by molar-refractivity contribution is -0.139. The second kappa shape index (κ2) is 8.62. The molecule has 0 saturated carbocycles. The van der Waals surface area contributed by atoms with E-state index in [9.17, 15) is 19.4 Å². The average molecular weight is 353 g/mol. The number of hydrogen-bond acceptors (Lipinski definition) is 7. The van der Waals surface area contributed by atoms with Crippen LogP contribution in [0.25, 0.3) is 5.57 Å². The predicted octanol–water partition coefficient (Wildman–Crippen LogP) is 0.420. The second-order valence-corrected chi connectivity index (χ2v) is 6.09. The molecule has 2 rings (SSSR count). The zero-order valence-electron chi connectivity index (χ0n) is 12.6. The number of aliphatic carboxylic acids is 1. The first-order chi connectivity index (χ1) is 11.5. The monoisotopic (exact) mass is 353 g/mol. The van der Waals surface area contributed by atoms with Crippen LogP contribution < -0.4 is 5.32 Å². The van der Waals surface area contributed by atoms with Crippen molar-refractivity contribution < 1.29 is 33.9 Å². The maximum Gasteiger partial charge on any atom is 0.478 e. The Labute approximate surface area is 142 Å². The van der Waals surface area contributed by atoms with Crippen molar-refractivity contribution in [3.8, 4) is 0 Å². The van der Waals surface area contributed by atoms with Crippen molar-refractivity contribution in [2.45, 2.75) is 31.3 Å². The Morgan fingerprint density at radius 2 is 2.29 bits per heavy atom. The van der Waals surface area contributed by atoms with Crippen LogP contribution in [0.4, 0.5) is 0 Å². The molecule has 1 aromatic rings. The summed E-state index contributed by atoms with van der Waals surface area (Å²) in [4.78, 5) is 34.0. The van der Waals surface area contributed by atoms with Gasteiger partial charge in [0, 0.05) is 4.88 Å². The minimum absolute atomic E-state index is 0.150. The van der Waals surface area contributed by atoms with Gasteiger partial charge in [-0.2, -0.15) is 0 Å². The average Bonchev–Trinajstić information content (AvgIpc) is 3.04. The molecule has 2 heterocycles. The SMILES string of the molecule is O=CO/C=C(/C(=O)N[C@H]1CC[C@@H](CC(=O)O)OB1O)c1cccs1. The van der Waals surface area contributed by atoms with Gasteiger partial charge in [0.15, 0.2) is 0 Å². The normalized spacial score (nSPS) is 21.2. The van der Waals surface area contributed by atoms with Crippen molar-refractivity contribution >= 4 is 42.4 Å². The fourth-order valence-electron chi connectivity index (χ4n) is 2.35. The molecule has 0 bridgehead atoms. The number of carbonyl (C=O) groups excluding carboxylic acids is 2. The first-order valence-corrected chi connectivity index (χ1v) is 8.08. The van der Waals surface area contributed by atoms with Crippen LogP contribution >= 0.6 is 11.3 Å². The Hall–Kier alpha value is -2.17. The van der Waals surface area contributed by atoms with E-state index in [1.165, 1.54) is 11.3 Å². The third-order valence-corrected chi connectivity index (χ3v) is 4.37. The highest BCUT2D eigenvalue weighted by Gasteiger charge is 2.37. The van der Waals surface area contributed by atoms with Crippen LogP contribution in [0.5, 0.6) is 0 Å². The quantitative estimate of drug-likeness (QED) is 0.281. The van der Waals surface area contributed by atoms with Crippen LogP contribution in [0.3, 0.4) is 0 Å². The molecule has 0 radical (unpaired) electrons. The standard InChI is InChI=1S/C14H16BNO7S/c17-8-22-7-10(11-2-1-5-24-11)14(20)16-12-4-3-9(6-13(18)19)23-15(12)21/h1-2,5,7-9,12,21H,3-4,6H2,(H,16,20)(H,18,19)/b10-7+/t9-,12-/m0/s1. The molecular weight excluding hydrogens is 337 g/mol. The summed E-state index contributed by atoms with van der Waals surface area (Å²) < 4.78 is 9.78. The van der Waals surface area contributed by atoms with Crippen molar-refractivity contribution in [1.82, 2.24) is 5.32 Å². The third kappa shape index (κ3) is 4.92. The van der Waals surface area contributed by atoms with E-state index in [-0.39, 0.29) is 18.5 Å². The lowest BCUT2D eigenvalue weighted by atomic mass is 9.72. The number of amides is 1. The van der Waals surface area contributed by atoms with Gasteiger partial charge in [0.05, 0.1) is 24.0 Å². The maximum atomic E-state index is 12.4. The zero-order chi connectivity index (χ0) is 17.5. The maximum absolute atomic E-state index is 12.4. The molecule has 3 N–H and O–H groups in total. The summed E-state index contributed by atoms with van der Waals surface area (Å²) in [5, 5.41) is 23.1. The lowest BCUT2D eigenvalue weighted by Crippen LogP contribution is -2.53. The van der Waals surface area contributed by atoms with Gasteiger partial charge in [-0.25, -0.2) is 0 Å². The highest BCUT2D eigenvalue weighted by atomic mass is 32.1. The molecule has 10 heteroatoms. The Balaban J connectivity index is 2.00. The molecule has 1 saturated heterocycles. The smallest absolute Gasteiger partial charge is 0.478 e. The number of rotatable bonds is 7. The molecule has 0 aromatic carbocycles. The van der Waals surface area contributed by atoms with E-state index in [4.69, 9.17) is 9.76 Å². The van der Waals surface area contributed by atoms with Gasteiger partial charge in [-0.05, 0) is 24.3 Å². The summed E-state index contributed by atoms with van der Waals surface area (Å²) >= 11 is 1.30. The summed E-state index contributed by atoms with van der Waals surface area (Å²) in [6.07, 6.45) is 1.02. The van der Waals surface area contributed by atoms with Gasteiger partial charge in [0.2, 0.25) is 0 Å². The first kappa shape index (κ1) is 18.2. The molecule has 2 atom stereocenters. The van der Waals surface area contributed by atoms with Crippen molar-refractivity contribution in [3.05, 3.63) is 28.7 Å². The minimum atomic E-state index is -1.30. The van der Waals surface area contributed by atoms with Crippen molar-refractivity contribution in [3.63, 3.8) is 0 Å². The highest BCUT2D eigenvalue weighted by molar-refractivity contribution is 7.11. The number of thiophene rings is 1. The Morgan fingerprint density at radius 3 is 2.88 bits per heavy atom. The van der Waals surface area contributed by atoms with Gasteiger partial charge in [0.1, 0.15) is 6.26 Å². The summed E-state index contributed by atoms with van der Waals surface area (Å²) in [5.41, 5.74) is 0.150. The molecule has 8 nitrogen and oxygen atoms in total. The molecule has 1 aliphatic heterocycles. The summed E-state index contributed by atoms with van der Waals surface area (Å²) in [6.45, 7) is 0.204. The number of hydrogen-bond donors (Lipinski definition) is 3. The third-order valence-electron chi connectivity index (χ3n) is 3.47. The zero-order valence-corrected chi connectivity index (χ0v) is 13.4. The van der Waals surface area contributed by atoms with Crippen LogP contribution in [0.2, 0.25) is 0 Å². The van der Waals surface area contributed by atoms with Crippen LogP contribution in [-0.2, 0) is 23.8 Å². The summed E-state index contributed by atoms with van der Waals surface area (Å²) in [7, 11) is -1.30. The summed E-state index contributed by atoms with van der Waals surface area (Å²) in [6, 6.07) is 3.44. The topological polar surface area (TPSA) is 122 Å². The minimum Gasteiger partial charge on any atom is -0.481 e. The fourth-order valence-corrected chi connectivity index (χ4v) is 3.08. The van der Waals surface area contributed by atoms with E-state index in [0.717, 1.165) is 6.26 Å². The van der Waals surface area contributed by atoms with Gasteiger partial charge >= 0.3 is 13.1 Å². The molecule has 24 heavy (non-hydrogen) atoms. The van der Waals surface area contributed by atoms with Crippen LogP contribution in [0.1, 0.15) is 24.1 Å². The Kier molecular flexibility index (Phi) is 6.53. The Morgan fingerprint density at radius 1 is 1.50 bits per heavy atom. The lowest BCUT2D eigenvalue weighted by Gasteiger charge is -2.31. The van der Waals surface area contributed by atoms with Crippen molar-refractivity contribution in [2.24, 2.45) is 0 Å². The summed E-state index contributed by atoms with van der Waals surface area (Å²) in [5.74, 6) is -2.21. The van der Waals surface area contributed by atoms with Gasteiger partial charge in [-0.15, -0.1) is 11.3 Å². The highest BCUT2D eigenvalue weighted by Crippen LogP contribution is 2.23. The van der Waals surface area contributed by atoms with E-state index in [1.54, 1.807) is 17.5 Å². The van der Waals surface area contributed by atoms with E-state index in [2.05, 4.69) is 10.1 Å². The van der Waals surface area contributed by atoms with Gasteiger partial charge in [-0.3, -0.25) is 14.4 Å². The van der Waals surface area contributed by atoms with E-state index >= 15 is 0 Å². The van der Waals surface area contributed by atoms with Gasteiger partial charge < -0.3 is 24.8 Å². The van der Waals surface area contributed by atoms with E-state index in [1.807, 2.05) is 0 Å². The molecule has 128 valence electrons. The predicted molar refractivity (Wildman–Crippen MR) is 85.7 cm³/mol. The number of nitrogens with one attached hydrogen (secondary N) is 1. The number of carbonyl (C=O) groups is 3. The number of carboxylic acids is 1. The fraction of sp³-hybridized carbons (Fsp3) is 0.357. The molecule has 1 aliphatic rings. The van der Waals surface area contributed by atoms with Crippen molar-refractivity contribution in [1.29, 1.82) is 0 Å². The van der Waals surface area contributed by atoms with Gasteiger partial charge in [-0.1, -0.05) is 6.07 Å². The largest absolute Gasteiger partial charge is 0.481 e. The molecule has 1 amide bonds. The van der Waals surface area contributed by atoms with Gasteiger partial charge in [0.25, 0.3) is 12.4 Å². The first-order valence-electron chi connectivity index (χ1n) is 7.20. The molecule has 0 spiro atoms. The van der Waals surface area contributed by atoms with E-state index in [0.29, 0.717) is 17.7 Å². The van der Waals surface area contributed by atoms with Crippen LogP contribution in [0, 0.1) is 0 Å². The molecule has 1 aromatic heterocycles. The van der Waals surface area contributed by atoms with Crippen LogP contribution in [-0.4, -0.2) is 47.6 Å². The number of ether oxygens (including phenoxy) is 1. The molecule has 0 unspecified atom stereocenters. The van der Waals surface area contributed by atoms with Crippen molar-refractivity contribution in [2.75, 3.05) is 0 Å². The van der Waals surface area contributed by atoms with E-state index < -0.39 is 31.0 Å². The van der Waals surface area contributed by atoms with Crippen LogP contribution in [0.15, 0.2) is 23.8 Å². The number of carboxylic acid groups (broad SMARTS) is 1. The second-order valence-electron chi connectivity index (χ2n) is 5.14.